The van der Waals surface area contributed by atoms with E-state index >= 15 is 0 Å². The summed E-state index contributed by atoms with van der Waals surface area (Å²) in [5.41, 5.74) is -0.215. The van der Waals surface area contributed by atoms with Gasteiger partial charge in [0.05, 0.1) is 17.3 Å². The maximum Gasteiger partial charge on any atom is 0.416 e. The molecule has 1 aromatic carbocycles. The lowest BCUT2D eigenvalue weighted by atomic mass is 9.80. The number of ether oxygens (including phenoxy) is 1. The van der Waals surface area contributed by atoms with E-state index in [0.717, 1.165) is 44.6 Å². The maximum absolute atomic E-state index is 12.9. The normalized spacial score (nSPS) is 29.1. The molecule has 2 saturated carbocycles. The molecule has 26 heavy (non-hydrogen) atoms. The number of fused-ring (bicyclic) bond motifs is 2. The number of carboxylic acids is 1. The molecule has 2 aliphatic rings. The van der Waals surface area contributed by atoms with Gasteiger partial charge in [0.2, 0.25) is 0 Å². The van der Waals surface area contributed by atoms with Crippen molar-refractivity contribution in [3.8, 4) is 0 Å². The number of carbonyl (C=O) groups is 1. The molecule has 144 valence electrons. The van der Waals surface area contributed by atoms with Crippen LogP contribution >= 0.6 is 0 Å². The molecule has 2 fully saturated rings. The summed E-state index contributed by atoms with van der Waals surface area (Å²) in [6.45, 7) is 1.81. The van der Waals surface area contributed by atoms with E-state index in [1.165, 1.54) is 12.1 Å². The number of hydrogen-bond acceptors (Lipinski definition) is 2. The van der Waals surface area contributed by atoms with E-state index < -0.39 is 23.8 Å². The number of rotatable bonds is 7. The molecule has 6 heteroatoms. The van der Waals surface area contributed by atoms with Crippen LogP contribution in [0.15, 0.2) is 24.3 Å². The average molecular weight is 370 g/mol. The Hall–Kier alpha value is -1.56. The lowest BCUT2D eigenvalue weighted by molar-refractivity contribution is -0.138. The lowest BCUT2D eigenvalue weighted by Crippen LogP contribution is -2.28. The molecule has 0 spiro atoms. The second kappa shape index (κ2) is 6.87. The van der Waals surface area contributed by atoms with Gasteiger partial charge in [-0.1, -0.05) is 12.1 Å². The average Bonchev–Trinajstić information content (AvgIpc) is 3.09. The predicted molar refractivity (Wildman–Crippen MR) is 90.7 cm³/mol. The van der Waals surface area contributed by atoms with Crippen molar-refractivity contribution in [3.63, 3.8) is 0 Å². The molecule has 1 unspecified atom stereocenters. The van der Waals surface area contributed by atoms with Crippen LogP contribution in [-0.2, 0) is 15.7 Å². The van der Waals surface area contributed by atoms with Gasteiger partial charge >= 0.3 is 12.1 Å². The van der Waals surface area contributed by atoms with Gasteiger partial charge in [-0.15, -0.1) is 0 Å². The molecule has 0 saturated heterocycles. The molecule has 0 aromatic heterocycles. The minimum Gasteiger partial charge on any atom is -0.481 e. The Morgan fingerprint density at radius 2 is 1.96 bits per heavy atom. The summed E-state index contributed by atoms with van der Waals surface area (Å²) in [7, 11) is 0. The molecule has 1 N–H and O–H groups in total. The van der Waals surface area contributed by atoms with Crippen molar-refractivity contribution in [2.24, 2.45) is 5.41 Å². The summed E-state index contributed by atoms with van der Waals surface area (Å²) in [5.74, 6) is -0.766. The topological polar surface area (TPSA) is 46.5 Å². The van der Waals surface area contributed by atoms with E-state index in [2.05, 4.69) is 0 Å². The van der Waals surface area contributed by atoms with Crippen LogP contribution < -0.4 is 0 Å². The first-order valence-corrected chi connectivity index (χ1v) is 9.20. The van der Waals surface area contributed by atoms with E-state index in [1.807, 2.05) is 6.92 Å². The first-order valence-electron chi connectivity index (χ1n) is 9.20. The number of benzene rings is 1. The quantitative estimate of drug-likeness (QED) is 0.666. The first-order chi connectivity index (χ1) is 12.1. The molecule has 0 radical (unpaired) electrons. The molecule has 3 nitrogen and oxygen atoms in total. The van der Waals surface area contributed by atoms with Crippen molar-refractivity contribution in [2.45, 2.75) is 76.2 Å². The van der Waals surface area contributed by atoms with Crippen molar-refractivity contribution >= 4 is 5.97 Å². The second-order valence-electron chi connectivity index (χ2n) is 7.99. The highest BCUT2D eigenvalue weighted by molar-refractivity contribution is 5.66. The molecular formula is C20H25F3O3. The predicted octanol–water partition coefficient (Wildman–Crippen LogP) is 5.74. The highest BCUT2D eigenvalue weighted by Gasteiger charge is 2.55. The Kier molecular flexibility index (Phi) is 5.08. The largest absolute Gasteiger partial charge is 0.481 e. The van der Waals surface area contributed by atoms with Gasteiger partial charge < -0.3 is 9.84 Å². The SMILES string of the molecule is CC(OC12CCC(CCCC(=O)O)(CC1)C2)c1cccc(C(F)(F)F)c1. The standard InChI is InChI=1S/C20H25F3O3/c1-14(15-4-2-5-16(12-15)20(21,22)23)26-19-10-8-18(13-19,9-11-19)7-3-6-17(24)25/h2,4-5,12,14H,3,6-11,13H2,1H3,(H,24,25). The van der Waals surface area contributed by atoms with Crippen molar-refractivity contribution in [2.75, 3.05) is 0 Å². The minimum absolute atomic E-state index is 0.156. The van der Waals surface area contributed by atoms with Crippen LogP contribution in [-0.4, -0.2) is 16.7 Å². The first kappa shape index (κ1) is 19.2. The fourth-order valence-electron chi connectivity index (χ4n) is 4.80. The number of carboxylic acid groups (broad SMARTS) is 1. The zero-order valence-electron chi connectivity index (χ0n) is 14.9. The van der Waals surface area contributed by atoms with E-state index in [0.29, 0.717) is 12.0 Å². The van der Waals surface area contributed by atoms with Gasteiger partial charge in [-0.3, -0.25) is 4.79 Å². The molecular weight excluding hydrogens is 345 g/mol. The Morgan fingerprint density at radius 3 is 2.58 bits per heavy atom. The van der Waals surface area contributed by atoms with Crippen LogP contribution in [0.2, 0.25) is 0 Å². The molecule has 2 aliphatic carbocycles. The monoisotopic (exact) mass is 370 g/mol. The van der Waals surface area contributed by atoms with Gasteiger partial charge in [0.15, 0.2) is 0 Å². The Labute approximate surface area is 151 Å². The fraction of sp³-hybridized carbons (Fsp3) is 0.650. The van der Waals surface area contributed by atoms with Crippen molar-refractivity contribution in [1.82, 2.24) is 0 Å². The van der Waals surface area contributed by atoms with Crippen LogP contribution in [0.25, 0.3) is 0 Å². The highest BCUT2D eigenvalue weighted by Crippen LogP contribution is 2.61. The minimum atomic E-state index is -4.35. The number of halogens is 3. The molecule has 1 aromatic rings. The lowest BCUT2D eigenvalue weighted by Gasteiger charge is -2.31. The van der Waals surface area contributed by atoms with Crippen LogP contribution in [0.5, 0.6) is 0 Å². The van der Waals surface area contributed by atoms with Gasteiger partial charge in [0.1, 0.15) is 0 Å². The molecule has 0 heterocycles. The smallest absolute Gasteiger partial charge is 0.416 e. The maximum atomic E-state index is 12.9. The second-order valence-corrected chi connectivity index (χ2v) is 7.99. The van der Waals surface area contributed by atoms with Gasteiger partial charge in [0.25, 0.3) is 0 Å². The van der Waals surface area contributed by atoms with Gasteiger partial charge in [-0.2, -0.15) is 13.2 Å². The molecule has 3 rings (SSSR count). The van der Waals surface area contributed by atoms with Crippen LogP contribution in [0.3, 0.4) is 0 Å². The van der Waals surface area contributed by atoms with Crippen LogP contribution in [0, 0.1) is 5.41 Å². The van der Waals surface area contributed by atoms with E-state index in [4.69, 9.17) is 9.84 Å². The summed E-state index contributed by atoms with van der Waals surface area (Å²) in [4.78, 5) is 10.7. The Morgan fingerprint density at radius 1 is 1.27 bits per heavy atom. The summed E-state index contributed by atoms with van der Waals surface area (Å²) < 4.78 is 45.1. The Bertz CT molecular complexity index is 661. The zero-order chi connectivity index (χ0) is 19.0. The highest BCUT2D eigenvalue weighted by atomic mass is 19.4. The number of alkyl halides is 3. The molecule has 0 aliphatic heterocycles. The van der Waals surface area contributed by atoms with E-state index in [9.17, 15) is 18.0 Å². The van der Waals surface area contributed by atoms with Gasteiger partial charge in [-0.25, -0.2) is 0 Å². The third-order valence-corrected chi connectivity index (χ3v) is 6.13. The summed E-state index contributed by atoms with van der Waals surface area (Å²) in [6, 6.07) is 5.36. The number of hydrogen-bond donors (Lipinski definition) is 1. The van der Waals surface area contributed by atoms with E-state index in [1.54, 1.807) is 6.07 Å². The Balaban J connectivity index is 1.64. The van der Waals surface area contributed by atoms with Crippen LogP contribution in [0.4, 0.5) is 13.2 Å². The van der Waals surface area contributed by atoms with Gasteiger partial charge in [0, 0.05) is 6.42 Å². The fourth-order valence-corrected chi connectivity index (χ4v) is 4.80. The molecule has 1 atom stereocenters. The summed E-state index contributed by atoms with van der Waals surface area (Å²) in [6.07, 6.45) is 1.74. The zero-order valence-corrected chi connectivity index (χ0v) is 14.9. The van der Waals surface area contributed by atoms with Crippen LogP contribution in [0.1, 0.15) is 75.5 Å². The third-order valence-electron chi connectivity index (χ3n) is 6.13. The van der Waals surface area contributed by atoms with Crippen molar-refractivity contribution in [3.05, 3.63) is 35.4 Å². The van der Waals surface area contributed by atoms with E-state index in [-0.39, 0.29) is 17.4 Å². The van der Waals surface area contributed by atoms with Crippen molar-refractivity contribution in [1.29, 1.82) is 0 Å². The molecule has 0 amide bonds. The number of aliphatic carboxylic acids is 1. The van der Waals surface area contributed by atoms with Crippen molar-refractivity contribution < 1.29 is 27.8 Å². The summed E-state index contributed by atoms with van der Waals surface area (Å²) >= 11 is 0. The summed E-state index contributed by atoms with van der Waals surface area (Å²) in [5, 5.41) is 8.83. The third kappa shape index (κ3) is 4.05. The molecule has 2 bridgehead atoms. The van der Waals surface area contributed by atoms with Gasteiger partial charge in [-0.05, 0) is 75.0 Å².